The number of anilines is 1. The lowest BCUT2D eigenvalue weighted by Gasteiger charge is -2.28. The van der Waals surface area contributed by atoms with Gasteiger partial charge in [-0.25, -0.2) is 0 Å². The van der Waals surface area contributed by atoms with E-state index in [0.29, 0.717) is 19.6 Å². The number of nitrogens with one attached hydrogen (secondary N) is 1. The summed E-state index contributed by atoms with van der Waals surface area (Å²) in [5, 5.41) is 2.97. The summed E-state index contributed by atoms with van der Waals surface area (Å²) >= 11 is 0. The van der Waals surface area contributed by atoms with Crippen molar-refractivity contribution in [2.45, 2.75) is 45.6 Å². The second-order valence-electron chi connectivity index (χ2n) is 7.11. The lowest BCUT2D eigenvalue weighted by atomic mass is 9.99. The number of amides is 1. The lowest BCUT2D eigenvalue weighted by molar-refractivity contribution is -0.140. The quantitative estimate of drug-likeness (QED) is 0.640. The molecule has 1 N–H and O–H groups in total. The molecule has 1 amide bonds. The van der Waals surface area contributed by atoms with Crippen LogP contribution < -0.4 is 10.1 Å². The summed E-state index contributed by atoms with van der Waals surface area (Å²) in [5.74, 6) is 0.707. The zero-order chi connectivity index (χ0) is 19.5. The number of nitrogens with zero attached hydrogens (tertiary/aromatic N) is 1. The number of hydrogen-bond donors (Lipinski definition) is 1. The fourth-order valence-corrected chi connectivity index (χ4v) is 3.07. The molecule has 152 valence electrons. The van der Waals surface area contributed by atoms with Gasteiger partial charge in [0.1, 0.15) is 18.0 Å². The molecule has 0 spiro atoms. The van der Waals surface area contributed by atoms with Crippen molar-refractivity contribution in [2.75, 3.05) is 51.4 Å². The Morgan fingerprint density at radius 3 is 2.48 bits per heavy atom. The van der Waals surface area contributed by atoms with E-state index in [9.17, 15) is 4.79 Å². The molecule has 0 aliphatic carbocycles. The predicted molar refractivity (Wildman–Crippen MR) is 107 cm³/mol. The summed E-state index contributed by atoms with van der Waals surface area (Å²) in [7, 11) is 0. The number of hydrogen-bond acceptors (Lipinski definition) is 5. The molecule has 1 fully saturated rings. The van der Waals surface area contributed by atoms with Crippen LogP contribution >= 0.6 is 0 Å². The summed E-state index contributed by atoms with van der Waals surface area (Å²) in [5.41, 5.74) is -0.0408. The average Bonchev–Trinajstić information content (AvgIpc) is 2.69. The van der Waals surface area contributed by atoms with Gasteiger partial charge in [-0.05, 0) is 44.0 Å². The van der Waals surface area contributed by atoms with Gasteiger partial charge >= 0.3 is 0 Å². The maximum Gasteiger partial charge on any atom is 0.256 e. The first-order chi connectivity index (χ1) is 13.1. The van der Waals surface area contributed by atoms with E-state index in [1.807, 2.05) is 38.1 Å². The van der Waals surface area contributed by atoms with Crippen molar-refractivity contribution >= 4 is 11.6 Å². The van der Waals surface area contributed by atoms with E-state index < -0.39 is 5.60 Å². The van der Waals surface area contributed by atoms with Crippen molar-refractivity contribution < 1.29 is 19.0 Å². The van der Waals surface area contributed by atoms with Gasteiger partial charge in [-0.2, -0.15) is 0 Å². The van der Waals surface area contributed by atoms with Gasteiger partial charge in [-0.1, -0.05) is 20.3 Å². The molecule has 0 aromatic heterocycles. The zero-order valence-electron chi connectivity index (χ0n) is 17.0. The van der Waals surface area contributed by atoms with Crippen molar-refractivity contribution in [3.63, 3.8) is 0 Å². The van der Waals surface area contributed by atoms with Gasteiger partial charge in [0.05, 0.1) is 13.2 Å². The largest absolute Gasteiger partial charge is 0.492 e. The van der Waals surface area contributed by atoms with Gasteiger partial charge in [-0.15, -0.1) is 0 Å². The highest BCUT2D eigenvalue weighted by atomic mass is 16.5. The molecule has 27 heavy (non-hydrogen) atoms. The topological polar surface area (TPSA) is 60.0 Å². The molecule has 0 bridgehead atoms. The molecular formula is C21H34N2O4. The third-order valence-electron chi connectivity index (χ3n) is 4.72. The lowest BCUT2D eigenvalue weighted by Crippen LogP contribution is -2.43. The van der Waals surface area contributed by atoms with Crippen LogP contribution in [0, 0.1) is 0 Å². The molecule has 1 aliphatic rings. The first kappa shape index (κ1) is 21.7. The highest BCUT2D eigenvalue weighted by molar-refractivity contribution is 5.97. The van der Waals surface area contributed by atoms with Gasteiger partial charge < -0.3 is 19.5 Å². The van der Waals surface area contributed by atoms with Gasteiger partial charge in [0.2, 0.25) is 0 Å². The molecule has 1 aromatic carbocycles. The first-order valence-corrected chi connectivity index (χ1v) is 10.1. The van der Waals surface area contributed by atoms with Crippen LogP contribution in [-0.2, 0) is 14.3 Å². The van der Waals surface area contributed by atoms with Crippen LogP contribution in [0.4, 0.5) is 5.69 Å². The van der Waals surface area contributed by atoms with Crippen LogP contribution in [0.15, 0.2) is 24.3 Å². The number of ether oxygens (including phenoxy) is 3. The molecule has 1 aromatic rings. The molecule has 1 aliphatic heterocycles. The zero-order valence-corrected chi connectivity index (χ0v) is 17.0. The molecule has 2 rings (SSSR count). The Morgan fingerprint density at radius 2 is 1.85 bits per heavy atom. The van der Waals surface area contributed by atoms with E-state index in [-0.39, 0.29) is 5.91 Å². The molecule has 6 nitrogen and oxygen atoms in total. The van der Waals surface area contributed by atoms with Gasteiger partial charge in [0.25, 0.3) is 5.91 Å². The Kier molecular flexibility index (Phi) is 9.04. The summed E-state index contributed by atoms with van der Waals surface area (Å²) < 4.78 is 17.0. The van der Waals surface area contributed by atoms with Crippen LogP contribution in [0.5, 0.6) is 5.75 Å². The molecular weight excluding hydrogens is 344 g/mol. The van der Waals surface area contributed by atoms with E-state index >= 15 is 0 Å². The molecule has 0 radical (unpaired) electrons. The van der Waals surface area contributed by atoms with Gasteiger partial charge in [0, 0.05) is 31.9 Å². The number of benzene rings is 1. The Balaban J connectivity index is 1.81. The Hall–Kier alpha value is -1.63. The maximum absolute atomic E-state index is 12.7. The highest BCUT2D eigenvalue weighted by Crippen LogP contribution is 2.22. The first-order valence-electron chi connectivity index (χ1n) is 10.1. The van der Waals surface area contributed by atoms with Crippen LogP contribution in [0.3, 0.4) is 0 Å². The minimum Gasteiger partial charge on any atom is -0.492 e. The standard InChI is InChI=1S/C21H34N2O4/c1-4-10-21(3,27-14-5-2)20(24)22-18-6-8-19(9-7-18)26-17-13-23-11-15-25-16-12-23/h6-9H,4-5,10-17H2,1-3H3,(H,22,24). The fraction of sp³-hybridized carbons (Fsp3) is 0.667. The molecule has 1 saturated heterocycles. The van der Waals surface area contributed by atoms with E-state index in [4.69, 9.17) is 14.2 Å². The minimum atomic E-state index is -0.794. The third-order valence-corrected chi connectivity index (χ3v) is 4.72. The van der Waals surface area contributed by atoms with Gasteiger partial charge in [-0.3, -0.25) is 9.69 Å². The number of carbonyl (C=O) groups excluding carboxylic acids is 1. The number of rotatable bonds is 11. The van der Waals surface area contributed by atoms with Gasteiger partial charge in [0.15, 0.2) is 0 Å². The molecule has 6 heteroatoms. The molecule has 1 heterocycles. The van der Waals surface area contributed by atoms with Crippen LogP contribution in [0.25, 0.3) is 0 Å². The second kappa shape index (κ2) is 11.3. The van der Waals surface area contributed by atoms with Crippen LogP contribution in [0.2, 0.25) is 0 Å². The van der Waals surface area contributed by atoms with Crippen molar-refractivity contribution in [1.29, 1.82) is 0 Å². The van der Waals surface area contributed by atoms with Crippen molar-refractivity contribution in [2.24, 2.45) is 0 Å². The van der Waals surface area contributed by atoms with Crippen LogP contribution in [0.1, 0.15) is 40.0 Å². The van der Waals surface area contributed by atoms with E-state index in [2.05, 4.69) is 17.1 Å². The fourth-order valence-electron chi connectivity index (χ4n) is 3.07. The average molecular weight is 379 g/mol. The molecule has 1 atom stereocenters. The predicted octanol–water partition coefficient (Wildman–Crippen LogP) is 3.32. The number of carbonyl (C=O) groups is 1. The Labute approximate surface area is 163 Å². The van der Waals surface area contributed by atoms with Crippen molar-refractivity contribution in [3.05, 3.63) is 24.3 Å². The minimum absolute atomic E-state index is 0.0983. The summed E-state index contributed by atoms with van der Waals surface area (Å²) in [6, 6.07) is 7.51. The molecule has 1 unspecified atom stereocenters. The smallest absolute Gasteiger partial charge is 0.256 e. The number of morpholine rings is 1. The normalized spacial score (nSPS) is 17.3. The maximum atomic E-state index is 12.7. The Bertz CT molecular complexity index is 558. The third kappa shape index (κ3) is 7.13. The van der Waals surface area contributed by atoms with Crippen LogP contribution in [-0.4, -0.2) is 62.5 Å². The highest BCUT2D eigenvalue weighted by Gasteiger charge is 2.33. The van der Waals surface area contributed by atoms with Crippen molar-refractivity contribution in [3.8, 4) is 5.75 Å². The van der Waals surface area contributed by atoms with Crippen molar-refractivity contribution in [1.82, 2.24) is 4.90 Å². The summed E-state index contributed by atoms with van der Waals surface area (Å²) in [6.07, 6.45) is 2.48. The second-order valence-corrected chi connectivity index (χ2v) is 7.11. The summed E-state index contributed by atoms with van der Waals surface area (Å²) in [6.45, 7) is 11.6. The monoisotopic (exact) mass is 378 g/mol. The molecule has 0 saturated carbocycles. The Morgan fingerprint density at radius 1 is 1.15 bits per heavy atom. The SMILES string of the molecule is CCCOC(C)(CCC)C(=O)Nc1ccc(OCCN2CCOCC2)cc1. The van der Waals surface area contributed by atoms with E-state index in [0.717, 1.165) is 57.1 Å². The van der Waals surface area contributed by atoms with E-state index in [1.165, 1.54) is 0 Å². The summed E-state index contributed by atoms with van der Waals surface area (Å²) in [4.78, 5) is 15.0. The van der Waals surface area contributed by atoms with E-state index in [1.54, 1.807) is 0 Å².